The minimum absolute atomic E-state index is 0.00175. The van der Waals surface area contributed by atoms with Gasteiger partial charge in [-0.1, -0.05) is 19.3 Å². The van der Waals surface area contributed by atoms with Gasteiger partial charge in [-0.2, -0.15) is 0 Å². The number of hydrogen-bond acceptors (Lipinski definition) is 2. The molecule has 1 atom stereocenters. The fraction of sp³-hybridized carbons (Fsp3) is 0.688. The Kier molecular flexibility index (Phi) is 4.86. The van der Waals surface area contributed by atoms with Crippen molar-refractivity contribution in [1.82, 2.24) is 9.88 Å². The largest absolute Gasteiger partial charge is 0.348 e. The molecule has 2 rings (SSSR count). The van der Waals surface area contributed by atoms with E-state index in [0.29, 0.717) is 12.6 Å². The summed E-state index contributed by atoms with van der Waals surface area (Å²) in [5.74, 6) is -0.00175. The molecule has 0 aliphatic heterocycles. The molecule has 112 valence electrons. The molecule has 0 saturated heterocycles. The molecule has 0 bridgehead atoms. The second kappa shape index (κ2) is 6.44. The first-order valence-electron chi connectivity index (χ1n) is 7.74. The summed E-state index contributed by atoms with van der Waals surface area (Å²) in [5.41, 5.74) is 8.66. The summed E-state index contributed by atoms with van der Waals surface area (Å²) in [6.45, 7) is 6.56. The monoisotopic (exact) mass is 277 g/mol. The Labute approximate surface area is 121 Å². The molecule has 1 aliphatic carbocycles. The number of aryl methyl sites for hydroxylation is 1. The minimum atomic E-state index is -0.00175. The van der Waals surface area contributed by atoms with Gasteiger partial charge in [0.2, 0.25) is 0 Å². The van der Waals surface area contributed by atoms with E-state index in [1.54, 1.807) is 0 Å². The van der Waals surface area contributed by atoms with Crippen molar-refractivity contribution in [1.29, 1.82) is 0 Å². The summed E-state index contributed by atoms with van der Waals surface area (Å²) in [5, 5.41) is 2.95. The van der Waals surface area contributed by atoms with Gasteiger partial charge >= 0.3 is 0 Å². The highest BCUT2D eigenvalue weighted by Gasteiger charge is 2.22. The lowest BCUT2D eigenvalue weighted by Gasteiger charge is -2.26. The number of rotatable bonds is 4. The van der Waals surface area contributed by atoms with Crippen LogP contribution in [0.25, 0.3) is 0 Å². The van der Waals surface area contributed by atoms with Gasteiger partial charge in [0, 0.05) is 30.0 Å². The van der Waals surface area contributed by atoms with E-state index in [-0.39, 0.29) is 11.9 Å². The second-order valence-corrected chi connectivity index (χ2v) is 6.06. The number of nitrogens with two attached hydrogens (primary N) is 1. The molecule has 1 heterocycles. The van der Waals surface area contributed by atoms with E-state index in [1.807, 2.05) is 13.0 Å². The van der Waals surface area contributed by atoms with Crippen molar-refractivity contribution in [2.24, 2.45) is 5.73 Å². The highest BCUT2D eigenvalue weighted by Crippen LogP contribution is 2.32. The van der Waals surface area contributed by atoms with Crippen molar-refractivity contribution >= 4 is 5.91 Å². The van der Waals surface area contributed by atoms with Crippen molar-refractivity contribution in [2.45, 2.75) is 65.0 Å². The van der Waals surface area contributed by atoms with Gasteiger partial charge in [0.25, 0.3) is 5.91 Å². The van der Waals surface area contributed by atoms with Crippen molar-refractivity contribution < 1.29 is 4.79 Å². The molecular weight excluding hydrogens is 250 g/mol. The summed E-state index contributed by atoms with van der Waals surface area (Å²) >= 11 is 0. The smallest absolute Gasteiger partial charge is 0.253 e. The molecular formula is C16H27N3O. The summed E-state index contributed by atoms with van der Waals surface area (Å²) in [6, 6.07) is 2.60. The zero-order valence-corrected chi connectivity index (χ0v) is 12.9. The van der Waals surface area contributed by atoms with E-state index in [0.717, 1.165) is 11.3 Å². The number of amides is 1. The van der Waals surface area contributed by atoms with E-state index in [2.05, 4.69) is 23.7 Å². The van der Waals surface area contributed by atoms with Gasteiger partial charge < -0.3 is 15.6 Å². The molecule has 1 saturated carbocycles. The molecule has 1 fully saturated rings. The fourth-order valence-electron chi connectivity index (χ4n) is 3.27. The van der Waals surface area contributed by atoms with Crippen LogP contribution in [0, 0.1) is 13.8 Å². The number of hydrogen-bond donors (Lipinski definition) is 2. The first-order chi connectivity index (χ1) is 9.54. The molecule has 4 nitrogen and oxygen atoms in total. The quantitative estimate of drug-likeness (QED) is 0.889. The average molecular weight is 277 g/mol. The van der Waals surface area contributed by atoms with Gasteiger partial charge in [0.05, 0.1) is 5.56 Å². The van der Waals surface area contributed by atoms with Gasteiger partial charge in [0.15, 0.2) is 0 Å². The molecule has 20 heavy (non-hydrogen) atoms. The molecule has 0 radical (unpaired) electrons. The van der Waals surface area contributed by atoms with Crippen LogP contribution in [0.3, 0.4) is 0 Å². The first-order valence-corrected chi connectivity index (χ1v) is 7.74. The molecule has 1 aromatic rings. The van der Waals surface area contributed by atoms with Crippen molar-refractivity contribution in [2.75, 3.05) is 6.54 Å². The van der Waals surface area contributed by atoms with Crippen molar-refractivity contribution in [3.8, 4) is 0 Å². The van der Waals surface area contributed by atoms with Crippen LogP contribution in [-0.4, -0.2) is 23.1 Å². The minimum Gasteiger partial charge on any atom is -0.348 e. The number of carbonyl (C=O) groups excluding carboxylic acids is 1. The lowest BCUT2D eigenvalue weighted by molar-refractivity contribution is 0.0940. The van der Waals surface area contributed by atoms with Gasteiger partial charge in [-0.15, -0.1) is 0 Å². The molecule has 3 N–H and O–H groups in total. The van der Waals surface area contributed by atoms with Crippen LogP contribution in [0.1, 0.15) is 66.8 Å². The average Bonchev–Trinajstić information content (AvgIpc) is 2.75. The van der Waals surface area contributed by atoms with Gasteiger partial charge in [-0.05, 0) is 39.7 Å². The highest BCUT2D eigenvalue weighted by molar-refractivity contribution is 5.95. The van der Waals surface area contributed by atoms with E-state index in [9.17, 15) is 4.79 Å². The third-order valence-electron chi connectivity index (χ3n) is 4.40. The van der Waals surface area contributed by atoms with Crippen LogP contribution in [0.4, 0.5) is 0 Å². The lowest BCUT2D eigenvalue weighted by atomic mass is 9.95. The number of nitrogens with zero attached hydrogens (tertiary/aromatic N) is 1. The second-order valence-electron chi connectivity index (χ2n) is 6.06. The number of aromatic nitrogens is 1. The van der Waals surface area contributed by atoms with Gasteiger partial charge in [0.1, 0.15) is 0 Å². The maximum Gasteiger partial charge on any atom is 0.253 e. The summed E-state index contributed by atoms with van der Waals surface area (Å²) in [7, 11) is 0. The first kappa shape index (κ1) is 15.1. The van der Waals surface area contributed by atoms with E-state index >= 15 is 0 Å². The Balaban J connectivity index is 2.21. The topological polar surface area (TPSA) is 60.1 Å². The zero-order chi connectivity index (χ0) is 14.7. The molecule has 0 unspecified atom stereocenters. The summed E-state index contributed by atoms with van der Waals surface area (Å²) in [6.07, 6.45) is 6.41. The Morgan fingerprint density at radius 2 is 2.05 bits per heavy atom. The Morgan fingerprint density at radius 3 is 2.65 bits per heavy atom. The van der Waals surface area contributed by atoms with Crippen LogP contribution in [0.15, 0.2) is 6.07 Å². The maximum absolute atomic E-state index is 12.3. The third-order valence-corrected chi connectivity index (χ3v) is 4.40. The van der Waals surface area contributed by atoms with Gasteiger partial charge in [-0.3, -0.25) is 4.79 Å². The molecule has 1 amide bonds. The van der Waals surface area contributed by atoms with Crippen LogP contribution < -0.4 is 11.1 Å². The lowest BCUT2D eigenvalue weighted by Crippen LogP contribution is -2.38. The van der Waals surface area contributed by atoms with Crippen molar-refractivity contribution in [3.05, 3.63) is 23.0 Å². The summed E-state index contributed by atoms with van der Waals surface area (Å²) < 4.78 is 2.36. The molecule has 0 spiro atoms. The summed E-state index contributed by atoms with van der Waals surface area (Å²) in [4.78, 5) is 12.3. The van der Waals surface area contributed by atoms with Gasteiger partial charge in [-0.25, -0.2) is 0 Å². The van der Waals surface area contributed by atoms with Crippen LogP contribution in [0.5, 0.6) is 0 Å². The Hall–Kier alpha value is -1.29. The number of carbonyl (C=O) groups is 1. The SMILES string of the molecule is Cc1cc(C(=O)N[C@@H](C)CN)c(C)n1C1CCCCC1. The van der Waals surface area contributed by atoms with Crippen LogP contribution in [-0.2, 0) is 0 Å². The standard InChI is InChI=1S/C16H27N3O/c1-11(10-17)18-16(20)15-9-12(2)19(13(15)3)14-7-5-4-6-8-14/h9,11,14H,4-8,10,17H2,1-3H3,(H,18,20)/t11-/m0/s1. The highest BCUT2D eigenvalue weighted by atomic mass is 16.1. The Bertz CT molecular complexity index is 472. The maximum atomic E-state index is 12.3. The molecule has 0 aromatic carbocycles. The molecule has 1 aliphatic rings. The Morgan fingerprint density at radius 1 is 1.40 bits per heavy atom. The predicted octanol–water partition coefficient (Wildman–Crippen LogP) is 2.69. The van der Waals surface area contributed by atoms with E-state index in [1.165, 1.54) is 37.8 Å². The van der Waals surface area contributed by atoms with Crippen molar-refractivity contribution in [3.63, 3.8) is 0 Å². The predicted molar refractivity (Wildman–Crippen MR) is 82.0 cm³/mol. The zero-order valence-electron chi connectivity index (χ0n) is 12.9. The van der Waals surface area contributed by atoms with E-state index < -0.39 is 0 Å². The third kappa shape index (κ3) is 3.06. The fourth-order valence-corrected chi connectivity index (χ4v) is 3.27. The van der Waals surface area contributed by atoms with Crippen LogP contribution >= 0.6 is 0 Å². The molecule has 4 heteroatoms. The molecule has 1 aromatic heterocycles. The number of nitrogens with one attached hydrogen (secondary N) is 1. The van der Waals surface area contributed by atoms with E-state index in [4.69, 9.17) is 5.73 Å². The normalized spacial score (nSPS) is 18.0. The van der Waals surface area contributed by atoms with Crippen LogP contribution in [0.2, 0.25) is 0 Å².